The van der Waals surface area contributed by atoms with Crippen molar-refractivity contribution in [3.8, 4) is 0 Å². The summed E-state index contributed by atoms with van der Waals surface area (Å²) < 4.78 is 0. The summed E-state index contributed by atoms with van der Waals surface area (Å²) in [5.74, 6) is 0.761. The lowest BCUT2D eigenvalue weighted by Gasteiger charge is -2.36. The van der Waals surface area contributed by atoms with E-state index < -0.39 is 0 Å². The number of likely N-dealkylation sites (tertiary alicyclic amines) is 1. The van der Waals surface area contributed by atoms with Crippen molar-refractivity contribution in [1.29, 1.82) is 0 Å². The van der Waals surface area contributed by atoms with Gasteiger partial charge in [0.05, 0.1) is 0 Å². The first kappa shape index (κ1) is 12.0. The van der Waals surface area contributed by atoms with Crippen LogP contribution in [0.25, 0.3) is 0 Å². The van der Waals surface area contributed by atoms with Crippen molar-refractivity contribution >= 4 is 5.69 Å². The third-order valence-corrected chi connectivity index (χ3v) is 4.66. The van der Waals surface area contributed by atoms with Crippen molar-refractivity contribution in [1.82, 2.24) is 4.90 Å². The standard InChI is InChI=1S/C16H24N2/c1-16(2)8-5-9-18(16)12-13-10-14-6-3-4-7-15(14)17-11-13/h3-4,6-7,13,17H,5,8-12H2,1-2H3. The highest BCUT2D eigenvalue weighted by atomic mass is 15.2. The number of para-hydroxylation sites is 1. The number of hydrogen-bond acceptors (Lipinski definition) is 2. The zero-order valence-electron chi connectivity index (χ0n) is 11.6. The van der Waals surface area contributed by atoms with Gasteiger partial charge in [-0.05, 0) is 57.2 Å². The van der Waals surface area contributed by atoms with Gasteiger partial charge in [-0.1, -0.05) is 18.2 Å². The van der Waals surface area contributed by atoms with Gasteiger partial charge in [-0.25, -0.2) is 0 Å². The molecule has 0 radical (unpaired) electrons. The van der Waals surface area contributed by atoms with E-state index in [1.165, 1.54) is 43.6 Å². The smallest absolute Gasteiger partial charge is 0.0372 e. The third kappa shape index (κ3) is 2.26. The van der Waals surface area contributed by atoms with Crippen molar-refractivity contribution in [3.05, 3.63) is 29.8 Å². The summed E-state index contributed by atoms with van der Waals surface area (Å²) in [6.07, 6.45) is 3.95. The third-order valence-electron chi connectivity index (χ3n) is 4.66. The largest absolute Gasteiger partial charge is 0.384 e. The molecule has 0 aliphatic carbocycles. The number of nitrogens with one attached hydrogen (secondary N) is 1. The quantitative estimate of drug-likeness (QED) is 0.860. The summed E-state index contributed by atoms with van der Waals surface area (Å²) in [4.78, 5) is 2.69. The molecule has 1 aromatic rings. The normalized spacial score (nSPS) is 26.7. The average molecular weight is 244 g/mol. The monoisotopic (exact) mass is 244 g/mol. The Hall–Kier alpha value is -1.02. The SMILES string of the molecule is CC1(C)CCCN1CC1CNc2ccccc2C1. The van der Waals surface area contributed by atoms with E-state index in [1.54, 1.807) is 0 Å². The molecule has 3 rings (SSSR count). The van der Waals surface area contributed by atoms with Gasteiger partial charge >= 0.3 is 0 Å². The lowest BCUT2D eigenvalue weighted by molar-refractivity contribution is 0.149. The summed E-state index contributed by atoms with van der Waals surface area (Å²) in [7, 11) is 0. The predicted octanol–water partition coefficient (Wildman–Crippen LogP) is 3.15. The van der Waals surface area contributed by atoms with E-state index in [9.17, 15) is 0 Å². The molecule has 1 N–H and O–H groups in total. The van der Waals surface area contributed by atoms with Crippen LogP contribution in [0, 0.1) is 5.92 Å². The minimum atomic E-state index is 0.414. The number of nitrogens with zero attached hydrogens (tertiary/aromatic N) is 1. The molecule has 18 heavy (non-hydrogen) atoms. The van der Waals surface area contributed by atoms with Gasteiger partial charge in [0.1, 0.15) is 0 Å². The molecule has 0 spiro atoms. The van der Waals surface area contributed by atoms with Crippen molar-refractivity contribution in [2.75, 3.05) is 25.0 Å². The van der Waals surface area contributed by atoms with E-state index in [4.69, 9.17) is 0 Å². The summed E-state index contributed by atoms with van der Waals surface area (Å²) in [5, 5.41) is 3.59. The van der Waals surface area contributed by atoms with Crippen molar-refractivity contribution in [2.24, 2.45) is 5.92 Å². The van der Waals surface area contributed by atoms with Gasteiger partial charge in [-0.15, -0.1) is 0 Å². The van der Waals surface area contributed by atoms with Crippen LogP contribution in [0.15, 0.2) is 24.3 Å². The van der Waals surface area contributed by atoms with E-state index >= 15 is 0 Å². The zero-order valence-corrected chi connectivity index (χ0v) is 11.6. The molecule has 0 aromatic heterocycles. The van der Waals surface area contributed by atoms with Gasteiger partial charge in [0.2, 0.25) is 0 Å². The van der Waals surface area contributed by atoms with Crippen molar-refractivity contribution < 1.29 is 0 Å². The van der Waals surface area contributed by atoms with E-state index in [2.05, 4.69) is 48.3 Å². The predicted molar refractivity (Wildman–Crippen MR) is 77.0 cm³/mol. The van der Waals surface area contributed by atoms with E-state index in [1.807, 2.05) is 0 Å². The molecule has 1 atom stereocenters. The van der Waals surface area contributed by atoms with Crippen LogP contribution in [0.4, 0.5) is 5.69 Å². The van der Waals surface area contributed by atoms with E-state index in [0.29, 0.717) is 5.54 Å². The second-order valence-corrected chi connectivity index (χ2v) is 6.47. The van der Waals surface area contributed by atoms with Gasteiger partial charge in [0, 0.05) is 24.3 Å². The second kappa shape index (κ2) is 4.58. The number of benzene rings is 1. The van der Waals surface area contributed by atoms with Crippen LogP contribution >= 0.6 is 0 Å². The van der Waals surface area contributed by atoms with Gasteiger partial charge in [-0.3, -0.25) is 4.90 Å². The molecule has 2 aliphatic heterocycles. The summed E-state index contributed by atoms with van der Waals surface area (Å²) >= 11 is 0. The number of fused-ring (bicyclic) bond motifs is 1. The average Bonchev–Trinajstić information content (AvgIpc) is 2.69. The summed E-state index contributed by atoms with van der Waals surface area (Å²) in [6, 6.07) is 8.74. The topological polar surface area (TPSA) is 15.3 Å². The van der Waals surface area contributed by atoms with Gasteiger partial charge in [0.25, 0.3) is 0 Å². The van der Waals surface area contributed by atoms with Gasteiger partial charge < -0.3 is 5.32 Å². The van der Waals surface area contributed by atoms with Crippen LogP contribution in [-0.2, 0) is 6.42 Å². The summed E-state index contributed by atoms with van der Waals surface area (Å²) in [5.41, 5.74) is 3.25. The van der Waals surface area contributed by atoms with E-state index in [0.717, 1.165) is 12.5 Å². The molecule has 0 saturated carbocycles. The minimum absolute atomic E-state index is 0.414. The fraction of sp³-hybridized carbons (Fsp3) is 0.625. The van der Waals surface area contributed by atoms with Gasteiger partial charge in [-0.2, -0.15) is 0 Å². The minimum Gasteiger partial charge on any atom is -0.384 e. The molecule has 98 valence electrons. The first-order valence-corrected chi connectivity index (χ1v) is 7.22. The zero-order chi connectivity index (χ0) is 12.6. The molecule has 1 unspecified atom stereocenters. The lowest BCUT2D eigenvalue weighted by atomic mass is 9.92. The highest BCUT2D eigenvalue weighted by Crippen LogP contribution is 2.31. The maximum atomic E-state index is 3.59. The molecule has 2 heterocycles. The van der Waals surface area contributed by atoms with E-state index in [-0.39, 0.29) is 0 Å². The molecule has 2 heteroatoms. The molecule has 2 nitrogen and oxygen atoms in total. The maximum Gasteiger partial charge on any atom is 0.0372 e. The Kier molecular flexibility index (Phi) is 3.06. The molecule has 0 bridgehead atoms. The Labute approximate surface area is 110 Å². The maximum absolute atomic E-state index is 3.59. The van der Waals surface area contributed by atoms with Crippen molar-refractivity contribution in [2.45, 2.75) is 38.6 Å². The van der Waals surface area contributed by atoms with Crippen molar-refractivity contribution in [3.63, 3.8) is 0 Å². The molecule has 1 saturated heterocycles. The van der Waals surface area contributed by atoms with Crippen LogP contribution in [0.3, 0.4) is 0 Å². The highest BCUT2D eigenvalue weighted by Gasteiger charge is 2.33. The molecule has 0 amide bonds. The molecular weight excluding hydrogens is 220 g/mol. The number of anilines is 1. The number of hydrogen-bond donors (Lipinski definition) is 1. The summed E-state index contributed by atoms with van der Waals surface area (Å²) in [6.45, 7) is 8.44. The fourth-order valence-corrected chi connectivity index (χ4v) is 3.45. The Morgan fingerprint density at radius 3 is 2.94 bits per heavy atom. The van der Waals surface area contributed by atoms with Crippen LogP contribution in [-0.4, -0.2) is 30.1 Å². The first-order chi connectivity index (χ1) is 8.65. The lowest BCUT2D eigenvalue weighted by Crippen LogP contribution is -2.43. The first-order valence-electron chi connectivity index (χ1n) is 7.22. The second-order valence-electron chi connectivity index (χ2n) is 6.47. The Bertz CT molecular complexity index is 425. The Morgan fingerprint density at radius 2 is 2.17 bits per heavy atom. The molecule has 1 fully saturated rings. The van der Waals surface area contributed by atoms with Crippen LogP contribution in [0.5, 0.6) is 0 Å². The van der Waals surface area contributed by atoms with Gasteiger partial charge in [0.15, 0.2) is 0 Å². The van der Waals surface area contributed by atoms with Crippen LogP contribution in [0.1, 0.15) is 32.3 Å². The number of rotatable bonds is 2. The molecular formula is C16H24N2. The molecule has 1 aromatic carbocycles. The van der Waals surface area contributed by atoms with Crippen LogP contribution < -0.4 is 5.32 Å². The molecule has 2 aliphatic rings. The highest BCUT2D eigenvalue weighted by molar-refractivity contribution is 5.53. The Morgan fingerprint density at radius 1 is 1.33 bits per heavy atom. The van der Waals surface area contributed by atoms with Crippen LogP contribution in [0.2, 0.25) is 0 Å². The Balaban J connectivity index is 1.66. The fourth-order valence-electron chi connectivity index (χ4n) is 3.45.